The topological polar surface area (TPSA) is 34.9 Å². The molecule has 1 aromatic heterocycles. The second-order valence-electron chi connectivity index (χ2n) is 4.81. The average molecular weight is 240 g/mol. The van der Waals surface area contributed by atoms with Crippen molar-refractivity contribution in [3.05, 3.63) is 53.3 Å². The van der Waals surface area contributed by atoms with Gasteiger partial charge >= 0.3 is 0 Å². The van der Waals surface area contributed by atoms with E-state index in [2.05, 4.69) is 24.2 Å². The predicted octanol–water partition coefficient (Wildman–Crippen LogP) is 2.82. The van der Waals surface area contributed by atoms with E-state index in [4.69, 9.17) is 0 Å². The van der Waals surface area contributed by atoms with Crippen LogP contribution >= 0.6 is 0 Å². The third kappa shape index (κ3) is 1.76. The van der Waals surface area contributed by atoms with Gasteiger partial charge in [-0.25, -0.2) is 0 Å². The molecule has 0 fully saturated rings. The van der Waals surface area contributed by atoms with E-state index in [0.29, 0.717) is 0 Å². The maximum Gasteiger partial charge on any atom is 0.173 e. The Morgan fingerprint density at radius 1 is 1.44 bits per heavy atom. The minimum atomic E-state index is 0.0421. The highest BCUT2D eigenvalue weighted by atomic mass is 16.1. The number of hydrogen-bond acceptors (Lipinski definition) is 2. The molecule has 0 spiro atoms. The number of carbonyl (C=O) groups is 1. The number of rotatable bonds is 4. The molecule has 3 heteroatoms. The van der Waals surface area contributed by atoms with Gasteiger partial charge in [0.1, 0.15) is 0 Å². The van der Waals surface area contributed by atoms with Gasteiger partial charge in [0, 0.05) is 12.7 Å². The maximum absolute atomic E-state index is 12.4. The second kappa shape index (κ2) is 4.41. The molecular weight excluding hydrogens is 224 g/mol. The van der Waals surface area contributed by atoms with Crippen molar-refractivity contribution in [1.82, 2.24) is 9.78 Å². The van der Waals surface area contributed by atoms with Crippen molar-refractivity contribution in [2.75, 3.05) is 0 Å². The fourth-order valence-electron chi connectivity index (χ4n) is 2.54. The zero-order valence-electron chi connectivity index (χ0n) is 10.5. The minimum Gasteiger partial charge on any atom is -0.293 e. The van der Waals surface area contributed by atoms with Crippen molar-refractivity contribution in [1.29, 1.82) is 0 Å². The first-order valence-corrected chi connectivity index (χ1v) is 6.44. The van der Waals surface area contributed by atoms with Gasteiger partial charge in [-0.1, -0.05) is 31.2 Å². The summed E-state index contributed by atoms with van der Waals surface area (Å²) >= 11 is 0. The first-order valence-electron chi connectivity index (χ1n) is 6.44. The Bertz CT molecular complexity index is 586. The molecule has 18 heavy (non-hydrogen) atoms. The lowest BCUT2D eigenvalue weighted by molar-refractivity contribution is 0.0949. The molecule has 1 aromatic carbocycles. The van der Waals surface area contributed by atoms with E-state index < -0.39 is 0 Å². The summed E-state index contributed by atoms with van der Waals surface area (Å²) < 4.78 is 1.85. The molecule has 0 saturated heterocycles. The third-order valence-corrected chi connectivity index (χ3v) is 3.54. The van der Waals surface area contributed by atoms with E-state index >= 15 is 0 Å². The number of ketones is 1. The molecule has 1 heterocycles. The zero-order valence-corrected chi connectivity index (χ0v) is 10.5. The highest BCUT2D eigenvalue weighted by Gasteiger charge is 2.32. The van der Waals surface area contributed by atoms with Crippen molar-refractivity contribution in [3.63, 3.8) is 0 Å². The van der Waals surface area contributed by atoms with Crippen LogP contribution in [0.15, 0.2) is 36.7 Å². The number of hydrogen-bond donors (Lipinski definition) is 0. The van der Waals surface area contributed by atoms with Crippen LogP contribution in [0.2, 0.25) is 0 Å². The summed E-state index contributed by atoms with van der Waals surface area (Å²) in [6, 6.07) is 8.18. The van der Waals surface area contributed by atoms with Crippen LogP contribution in [0, 0.1) is 0 Å². The molecule has 0 radical (unpaired) electrons. The van der Waals surface area contributed by atoms with Gasteiger partial charge in [-0.15, -0.1) is 0 Å². The molecule has 1 unspecified atom stereocenters. The lowest BCUT2D eigenvalue weighted by Gasteiger charge is -2.28. The molecule has 1 aliphatic rings. The van der Waals surface area contributed by atoms with Gasteiger partial charge in [-0.05, 0) is 24.0 Å². The fourth-order valence-corrected chi connectivity index (χ4v) is 2.54. The molecule has 0 N–H and O–H groups in total. The number of fused-ring (bicyclic) bond motifs is 1. The maximum atomic E-state index is 12.4. The van der Waals surface area contributed by atoms with Crippen molar-refractivity contribution < 1.29 is 4.79 Å². The number of benzene rings is 1. The number of Topliss-reactive ketones (excluding diaryl/α,β-unsaturated/α-hetero) is 1. The number of aromatic nitrogens is 2. The Morgan fingerprint density at radius 3 is 3.06 bits per heavy atom. The summed E-state index contributed by atoms with van der Waals surface area (Å²) in [6.07, 6.45) is 5.46. The molecule has 0 amide bonds. The van der Waals surface area contributed by atoms with E-state index in [-0.39, 0.29) is 11.7 Å². The predicted molar refractivity (Wildman–Crippen MR) is 69.7 cm³/mol. The Kier molecular flexibility index (Phi) is 2.74. The van der Waals surface area contributed by atoms with E-state index in [9.17, 15) is 4.79 Å². The number of carbonyl (C=O) groups excluding carboxylic acids is 1. The van der Waals surface area contributed by atoms with E-state index in [1.165, 1.54) is 11.1 Å². The highest BCUT2D eigenvalue weighted by Crippen LogP contribution is 2.37. The Hall–Kier alpha value is -1.90. The highest BCUT2D eigenvalue weighted by molar-refractivity contribution is 6.02. The van der Waals surface area contributed by atoms with Crippen LogP contribution in [0.4, 0.5) is 0 Å². The van der Waals surface area contributed by atoms with Gasteiger partial charge in [0.15, 0.2) is 5.78 Å². The molecule has 0 aliphatic heterocycles. The smallest absolute Gasteiger partial charge is 0.173 e. The SMILES string of the molecule is CCCn1cc(C(=O)C2Cc3ccccc32)cn1. The molecule has 3 rings (SSSR count). The normalized spacial score (nSPS) is 17.1. The van der Waals surface area contributed by atoms with Crippen molar-refractivity contribution in [2.24, 2.45) is 0 Å². The van der Waals surface area contributed by atoms with Gasteiger partial charge in [-0.3, -0.25) is 9.48 Å². The molecule has 0 bridgehead atoms. The molecule has 3 nitrogen and oxygen atoms in total. The fraction of sp³-hybridized carbons (Fsp3) is 0.333. The van der Waals surface area contributed by atoms with Crippen LogP contribution in [0.25, 0.3) is 0 Å². The van der Waals surface area contributed by atoms with Gasteiger partial charge in [0.25, 0.3) is 0 Å². The van der Waals surface area contributed by atoms with Crippen molar-refractivity contribution >= 4 is 5.78 Å². The van der Waals surface area contributed by atoms with Crippen LogP contribution in [-0.2, 0) is 13.0 Å². The van der Waals surface area contributed by atoms with E-state index in [1.807, 2.05) is 23.0 Å². The molecule has 1 atom stereocenters. The first-order chi connectivity index (χ1) is 8.79. The van der Waals surface area contributed by atoms with Gasteiger partial charge in [0.05, 0.1) is 17.7 Å². The van der Waals surface area contributed by atoms with Crippen LogP contribution in [-0.4, -0.2) is 15.6 Å². The summed E-state index contributed by atoms with van der Waals surface area (Å²) in [7, 11) is 0. The number of aryl methyl sites for hydroxylation is 1. The summed E-state index contributed by atoms with van der Waals surface area (Å²) in [5.41, 5.74) is 3.23. The second-order valence-corrected chi connectivity index (χ2v) is 4.81. The van der Waals surface area contributed by atoms with Crippen molar-refractivity contribution in [3.8, 4) is 0 Å². The standard InChI is InChI=1S/C15H16N2O/c1-2-7-17-10-12(9-16-17)15(18)14-8-11-5-3-4-6-13(11)14/h3-6,9-10,14H,2,7-8H2,1H3. The Morgan fingerprint density at radius 2 is 2.28 bits per heavy atom. The monoisotopic (exact) mass is 240 g/mol. The van der Waals surface area contributed by atoms with Gasteiger partial charge in [0.2, 0.25) is 0 Å². The summed E-state index contributed by atoms with van der Waals surface area (Å²) in [5, 5.41) is 4.22. The Balaban J connectivity index is 1.80. The van der Waals surface area contributed by atoms with Crippen LogP contribution < -0.4 is 0 Å². The van der Waals surface area contributed by atoms with Crippen LogP contribution in [0.1, 0.15) is 40.7 Å². The van der Waals surface area contributed by atoms with E-state index in [1.54, 1.807) is 6.20 Å². The Labute approximate surface area is 106 Å². The molecular formula is C15H16N2O. The quantitative estimate of drug-likeness (QED) is 0.770. The first kappa shape index (κ1) is 11.2. The summed E-state index contributed by atoms with van der Waals surface area (Å²) in [5.74, 6) is 0.247. The van der Waals surface area contributed by atoms with Gasteiger partial charge < -0.3 is 0 Å². The number of nitrogens with zero attached hydrogens (tertiary/aromatic N) is 2. The summed E-state index contributed by atoms with van der Waals surface area (Å²) in [4.78, 5) is 12.4. The third-order valence-electron chi connectivity index (χ3n) is 3.54. The zero-order chi connectivity index (χ0) is 12.5. The largest absolute Gasteiger partial charge is 0.293 e. The van der Waals surface area contributed by atoms with Gasteiger partial charge in [-0.2, -0.15) is 5.10 Å². The minimum absolute atomic E-state index is 0.0421. The molecule has 2 aromatic rings. The lowest BCUT2D eigenvalue weighted by Crippen LogP contribution is -2.24. The van der Waals surface area contributed by atoms with Crippen molar-refractivity contribution in [2.45, 2.75) is 32.2 Å². The summed E-state index contributed by atoms with van der Waals surface area (Å²) in [6.45, 7) is 2.97. The molecule has 1 aliphatic carbocycles. The van der Waals surface area contributed by atoms with E-state index in [0.717, 1.165) is 24.9 Å². The van der Waals surface area contributed by atoms with Crippen LogP contribution in [0.5, 0.6) is 0 Å². The molecule has 0 saturated carbocycles. The lowest BCUT2D eigenvalue weighted by atomic mass is 9.74. The van der Waals surface area contributed by atoms with Crippen LogP contribution in [0.3, 0.4) is 0 Å². The average Bonchev–Trinajstić information content (AvgIpc) is 2.80. The molecule has 92 valence electrons.